The van der Waals surface area contributed by atoms with E-state index in [1.807, 2.05) is 0 Å². The van der Waals surface area contributed by atoms with E-state index in [4.69, 9.17) is 4.74 Å². The van der Waals surface area contributed by atoms with Gasteiger partial charge in [-0.1, -0.05) is 28.1 Å². The van der Waals surface area contributed by atoms with Gasteiger partial charge in [0.15, 0.2) is 11.6 Å². The van der Waals surface area contributed by atoms with Crippen molar-refractivity contribution in [3.8, 4) is 5.75 Å². The van der Waals surface area contributed by atoms with Crippen LogP contribution in [0.2, 0.25) is 0 Å². The van der Waals surface area contributed by atoms with Crippen LogP contribution in [0.4, 0.5) is 8.78 Å². The average molecular weight is 343 g/mol. The van der Waals surface area contributed by atoms with Crippen LogP contribution in [0.25, 0.3) is 0 Å². The monoisotopic (exact) mass is 342 g/mol. The van der Waals surface area contributed by atoms with Crippen molar-refractivity contribution < 1.29 is 18.6 Å². The molecule has 0 aliphatic heterocycles. The van der Waals surface area contributed by atoms with Gasteiger partial charge >= 0.3 is 0 Å². The molecule has 2 nitrogen and oxygen atoms in total. The summed E-state index contributed by atoms with van der Waals surface area (Å²) in [7, 11) is 0. The van der Waals surface area contributed by atoms with E-state index in [0.717, 1.165) is 0 Å². The Balaban J connectivity index is 2.11. The third kappa shape index (κ3) is 3.55. The van der Waals surface area contributed by atoms with Gasteiger partial charge in [0.2, 0.25) is 0 Å². The number of aliphatic hydroxyl groups excluding tert-OH is 1. The van der Waals surface area contributed by atoms with Gasteiger partial charge in [0.1, 0.15) is 12.4 Å². The molecular weight excluding hydrogens is 330 g/mol. The second-order valence-electron chi connectivity index (χ2n) is 4.39. The molecule has 20 heavy (non-hydrogen) atoms. The van der Waals surface area contributed by atoms with Gasteiger partial charge in [-0.15, -0.1) is 0 Å². The first-order valence-corrected chi connectivity index (χ1v) is 6.81. The van der Waals surface area contributed by atoms with Gasteiger partial charge < -0.3 is 9.84 Å². The molecule has 0 heterocycles. The van der Waals surface area contributed by atoms with E-state index in [2.05, 4.69) is 15.9 Å². The van der Waals surface area contributed by atoms with Crippen molar-refractivity contribution in [3.05, 3.63) is 63.6 Å². The van der Waals surface area contributed by atoms with E-state index < -0.39 is 17.7 Å². The van der Waals surface area contributed by atoms with Crippen molar-refractivity contribution in [2.75, 3.05) is 0 Å². The van der Waals surface area contributed by atoms with Gasteiger partial charge in [-0.3, -0.25) is 0 Å². The fourth-order valence-electron chi connectivity index (χ4n) is 1.69. The quantitative estimate of drug-likeness (QED) is 0.894. The third-order valence-electron chi connectivity index (χ3n) is 2.84. The molecule has 5 heteroatoms. The molecule has 0 aromatic heterocycles. The highest BCUT2D eigenvalue weighted by Crippen LogP contribution is 2.23. The maximum atomic E-state index is 13.7. The Bertz CT molecular complexity index is 615. The molecule has 0 unspecified atom stereocenters. The number of halogens is 3. The Morgan fingerprint density at radius 1 is 1.15 bits per heavy atom. The van der Waals surface area contributed by atoms with Crippen molar-refractivity contribution in [2.45, 2.75) is 19.6 Å². The number of aliphatic hydroxyl groups is 1. The molecule has 2 aromatic carbocycles. The van der Waals surface area contributed by atoms with Crippen LogP contribution in [0, 0.1) is 11.6 Å². The van der Waals surface area contributed by atoms with Crippen LogP contribution in [0.3, 0.4) is 0 Å². The lowest BCUT2D eigenvalue weighted by Crippen LogP contribution is -2.01. The lowest BCUT2D eigenvalue weighted by molar-refractivity contribution is 0.198. The third-order valence-corrected chi connectivity index (χ3v) is 3.33. The van der Waals surface area contributed by atoms with E-state index >= 15 is 0 Å². The Kier molecular flexibility index (Phi) is 4.73. The normalized spacial score (nSPS) is 12.2. The van der Waals surface area contributed by atoms with Gasteiger partial charge in [0.05, 0.1) is 6.10 Å². The van der Waals surface area contributed by atoms with E-state index in [1.54, 1.807) is 25.1 Å². The summed E-state index contributed by atoms with van der Waals surface area (Å²) >= 11 is 3.16. The van der Waals surface area contributed by atoms with Crippen molar-refractivity contribution in [2.24, 2.45) is 0 Å². The fraction of sp³-hybridized carbons (Fsp3) is 0.200. The van der Waals surface area contributed by atoms with Crippen LogP contribution in [0.15, 0.2) is 40.9 Å². The number of rotatable bonds is 4. The standard InChI is InChI=1S/C15H13BrF2O2/c1-9(19)10-3-5-15(14(18)6-10)20-8-11-2-4-12(16)7-13(11)17/h2-7,9,19H,8H2,1H3/t9-/m1/s1. The molecule has 0 spiro atoms. The van der Waals surface area contributed by atoms with Crippen molar-refractivity contribution in [3.63, 3.8) is 0 Å². The molecule has 1 N–H and O–H groups in total. The Hall–Kier alpha value is -1.46. The average Bonchev–Trinajstić information content (AvgIpc) is 2.38. The van der Waals surface area contributed by atoms with E-state index in [1.165, 1.54) is 18.2 Å². The summed E-state index contributed by atoms with van der Waals surface area (Å²) in [5.74, 6) is -0.974. The summed E-state index contributed by atoms with van der Waals surface area (Å²) in [6, 6.07) is 8.79. The summed E-state index contributed by atoms with van der Waals surface area (Å²) in [5.41, 5.74) is 0.803. The van der Waals surface area contributed by atoms with Crippen molar-refractivity contribution in [1.82, 2.24) is 0 Å². The second kappa shape index (κ2) is 6.33. The number of benzene rings is 2. The van der Waals surface area contributed by atoms with Gasteiger partial charge in [0, 0.05) is 10.0 Å². The SMILES string of the molecule is C[C@@H](O)c1ccc(OCc2ccc(Br)cc2F)c(F)c1. The summed E-state index contributed by atoms with van der Waals surface area (Å²) in [4.78, 5) is 0. The van der Waals surface area contributed by atoms with E-state index in [9.17, 15) is 13.9 Å². The zero-order valence-electron chi connectivity index (χ0n) is 10.7. The molecule has 0 aliphatic rings. The first kappa shape index (κ1) is 14.9. The minimum atomic E-state index is -0.748. The lowest BCUT2D eigenvalue weighted by Gasteiger charge is -2.10. The van der Waals surface area contributed by atoms with Gasteiger partial charge in [0.25, 0.3) is 0 Å². The van der Waals surface area contributed by atoms with Crippen LogP contribution >= 0.6 is 15.9 Å². The lowest BCUT2D eigenvalue weighted by atomic mass is 10.1. The Labute approximate surface area is 124 Å². The molecule has 2 rings (SSSR count). The zero-order valence-corrected chi connectivity index (χ0v) is 12.3. The molecule has 0 bridgehead atoms. The molecule has 1 atom stereocenters. The second-order valence-corrected chi connectivity index (χ2v) is 5.31. The molecule has 0 saturated carbocycles. The summed E-state index contributed by atoms with van der Waals surface area (Å²) < 4.78 is 33.2. The number of hydrogen-bond acceptors (Lipinski definition) is 2. The zero-order chi connectivity index (χ0) is 14.7. The predicted molar refractivity (Wildman–Crippen MR) is 75.5 cm³/mol. The minimum Gasteiger partial charge on any atom is -0.486 e. The fourth-order valence-corrected chi connectivity index (χ4v) is 2.02. The number of ether oxygens (including phenoxy) is 1. The first-order valence-electron chi connectivity index (χ1n) is 6.01. The highest BCUT2D eigenvalue weighted by molar-refractivity contribution is 9.10. The van der Waals surface area contributed by atoms with Crippen molar-refractivity contribution in [1.29, 1.82) is 0 Å². The van der Waals surface area contributed by atoms with Crippen LogP contribution in [0.1, 0.15) is 24.2 Å². The van der Waals surface area contributed by atoms with E-state index in [0.29, 0.717) is 15.6 Å². The molecule has 106 valence electrons. The molecule has 0 saturated heterocycles. The van der Waals surface area contributed by atoms with Crippen LogP contribution in [0.5, 0.6) is 5.75 Å². The van der Waals surface area contributed by atoms with E-state index in [-0.39, 0.29) is 12.4 Å². The largest absolute Gasteiger partial charge is 0.486 e. The smallest absolute Gasteiger partial charge is 0.165 e. The summed E-state index contributed by atoms with van der Waals surface area (Å²) in [6.45, 7) is 1.48. The molecular formula is C15H13BrF2O2. The maximum absolute atomic E-state index is 13.7. The van der Waals surface area contributed by atoms with Gasteiger partial charge in [-0.05, 0) is 36.8 Å². The Morgan fingerprint density at radius 3 is 2.50 bits per heavy atom. The summed E-state index contributed by atoms with van der Waals surface area (Å²) in [5, 5.41) is 9.35. The molecule has 0 fully saturated rings. The van der Waals surface area contributed by atoms with Gasteiger partial charge in [-0.25, -0.2) is 8.78 Å². The topological polar surface area (TPSA) is 29.5 Å². The molecule has 0 amide bonds. The predicted octanol–water partition coefficient (Wildman–Crippen LogP) is 4.36. The molecule has 2 aromatic rings. The highest BCUT2D eigenvalue weighted by Gasteiger charge is 2.09. The molecule has 0 radical (unpaired) electrons. The van der Waals surface area contributed by atoms with Crippen LogP contribution in [-0.4, -0.2) is 5.11 Å². The maximum Gasteiger partial charge on any atom is 0.165 e. The van der Waals surface area contributed by atoms with Crippen LogP contribution in [-0.2, 0) is 6.61 Å². The van der Waals surface area contributed by atoms with Gasteiger partial charge in [-0.2, -0.15) is 0 Å². The van der Waals surface area contributed by atoms with Crippen molar-refractivity contribution >= 4 is 15.9 Å². The minimum absolute atomic E-state index is 0.0247. The highest BCUT2D eigenvalue weighted by atomic mass is 79.9. The van der Waals surface area contributed by atoms with Crippen LogP contribution < -0.4 is 4.74 Å². The summed E-state index contributed by atoms with van der Waals surface area (Å²) in [6.07, 6.45) is -0.748. The first-order chi connectivity index (χ1) is 9.47. The Morgan fingerprint density at radius 2 is 1.90 bits per heavy atom. The molecule has 0 aliphatic carbocycles. The number of hydrogen-bond donors (Lipinski definition) is 1.